The number of hydrogen-bond donors (Lipinski definition) is 2. The highest BCUT2D eigenvalue weighted by molar-refractivity contribution is 9.10. The maximum atomic E-state index is 13.7. The van der Waals surface area contributed by atoms with E-state index in [2.05, 4.69) is 21.2 Å². The van der Waals surface area contributed by atoms with Gasteiger partial charge in [-0.2, -0.15) is 0 Å². The first-order valence-electron chi connectivity index (χ1n) is 5.74. The van der Waals surface area contributed by atoms with Crippen LogP contribution in [-0.2, 0) is 0 Å². The minimum atomic E-state index is -0.677. The fourth-order valence-corrected chi connectivity index (χ4v) is 2.14. The van der Waals surface area contributed by atoms with Crippen molar-refractivity contribution >= 4 is 45.0 Å². The average molecular weight is 372 g/mol. The smallest absolute Gasteiger partial charge is 0.258 e. The number of nitrogens with two attached hydrogens (primary N) is 1. The molecule has 0 aliphatic carbocycles. The summed E-state index contributed by atoms with van der Waals surface area (Å²) < 4.78 is 14.2. The maximum absolute atomic E-state index is 13.7. The molecule has 4 nitrogen and oxygen atoms in total. The predicted molar refractivity (Wildman–Crippen MR) is 82.0 cm³/mol. The number of nitrogens with one attached hydrogen (secondary N) is 1. The van der Waals surface area contributed by atoms with Crippen molar-refractivity contribution in [2.45, 2.75) is 0 Å². The van der Waals surface area contributed by atoms with Crippen LogP contribution in [0.15, 0.2) is 40.9 Å². The molecule has 3 N–H and O–H groups in total. The van der Waals surface area contributed by atoms with Gasteiger partial charge in [-0.05, 0) is 36.4 Å². The van der Waals surface area contributed by atoms with Gasteiger partial charge >= 0.3 is 0 Å². The summed E-state index contributed by atoms with van der Waals surface area (Å²) in [5, 5.41) is 2.66. The van der Waals surface area contributed by atoms with E-state index >= 15 is 0 Å². The molecule has 0 atom stereocenters. The van der Waals surface area contributed by atoms with E-state index < -0.39 is 17.6 Å². The minimum absolute atomic E-state index is 0.140. The number of benzene rings is 2. The molecule has 2 amide bonds. The van der Waals surface area contributed by atoms with Gasteiger partial charge in [0.05, 0.1) is 16.3 Å². The van der Waals surface area contributed by atoms with E-state index in [4.69, 9.17) is 17.3 Å². The lowest BCUT2D eigenvalue weighted by atomic mass is 10.1. The van der Waals surface area contributed by atoms with Gasteiger partial charge in [-0.15, -0.1) is 0 Å². The lowest BCUT2D eigenvalue weighted by Crippen LogP contribution is -2.16. The molecule has 7 heteroatoms. The van der Waals surface area contributed by atoms with Crippen molar-refractivity contribution in [1.29, 1.82) is 0 Å². The molecular weight excluding hydrogens is 363 g/mol. The van der Waals surface area contributed by atoms with Gasteiger partial charge in [-0.1, -0.05) is 27.5 Å². The van der Waals surface area contributed by atoms with E-state index in [1.54, 1.807) is 6.07 Å². The number of primary amides is 1. The molecule has 2 aromatic rings. The van der Waals surface area contributed by atoms with Crippen molar-refractivity contribution in [2.24, 2.45) is 5.73 Å². The quantitative estimate of drug-likeness (QED) is 0.865. The molecule has 0 radical (unpaired) electrons. The Morgan fingerprint density at radius 1 is 1.19 bits per heavy atom. The Balaban J connectivity index is 2.31. The topological polar surface area (TPSA) is 72.2 Å². The van der Waals surface area contributed by atoms with Crippen molar-refractivity contribution in [3.8, 4) is 0 Å². The summed E-state index contributed by atoms with van der Waals surface area (Å²) in [6.45, 7) is 0. The zero-order chi connectivity index (χ0) is 15.6. The van der Waals surface area contributed by atoms with Crippen molar-refractivity contribution < 1.29 is 14.0 Å². The third kappa shape index (κ3) is 3.59. The largest absolute Gasteiger partial charge is 0.366 e. The molecule has 0 unspecified atom stereocenters. The predicted octanol–water partition coefficient (Wildman–Crippen LogP) is 3.59. The number of rotatable bonds is 3. The lowest BCUT2D eigenvalue weighted by Gasteiger charge is -2.09. The number of carbonyl (C=O) groups excluding carboxylic acids is 2. The monoisotopic (exact) mass is 370 g/mol. The third-order valence-electron chi connectivity index (χ3n) is 2.67. The minimum Gasteiger partial charge on any atom is -0.366 e. The van der Waals surface area contributed by atoms with E-state index in [1.165, 1.54) is 30.3 Å². The van der Waals surface area contributed by atoms with Crippen LogP contribution in [0, 0.1) is 5.82 Å². The molecule has 0 bridgehead atoms. The van der Waals surface area contributed by atoms with Gasteiger partial charge < -0.3 is 11.1 Å². The van der Waals surface area contributed by atoms with Crippen LogP contribution < -0.4 is 11.1 Å². The first-order chi connectivity index (χ1) is 9.88. The molecule has 2 aromatic carbocycles. The van der Waals surface area contributed by atoms with Crippen molar-refractivity contribution in [2.75, 3.05) is 5.32 Å². The summed E-state index contributed by atoms with van der Waals surface area (Å²) in [4.78, 5) is 23.2. The standard InChI is InChI=1S/C14H9BrClFN2O2/c15-8-2-3-9(11(17)6-8)14(21)19-12-5-7(13(18)20)1-4-10(12)16/h1-6H,(H2,18,20)(H,19,21). The summed E-state index contributed by atoms with van der Waals surface area (Å²) in [6.07, 6.45) is 0. The number of anilines is 1. The summed E-state index contributed by atoms with van der Waals surface area (Å²) in [6, 6.07) is 8.24. The Hall–Kier alpha value is -1.92. The van der Waals surface area contributed by atoms with Gasteiger partial charge in [-0.3, -0.25) is 9.59 Å². The number of carbonyl (C=O) groups is 2. The Kier molecular flexibility index (Phi) is 4.59. The second kappa shape index (κ2) is 6.24. The Bertz CT molecular complexity index is 737. The van der Waals surface area contributed by atoms with Crippen LogP contribution in [0.3, 0.4) is 0 Å². The van der Waals surface area contributed by atoms with Crippen LogP contribution in [0.1, 0.15) is 20.7 Å². The molecule has 21 heavy (non-hydrogen) atoms. The average Bonchev–Trinajstić information content (AvgIpc) is 2.40. The maximum Gasteiger partial charge on any atom is 0.258 e. The van der Waals surface area contributed by atoms with Crippen LogP contribution >= 0.6 is 27.5 Å². The molecule has 0 fully saturated rings. The highest BCUT2D eigenvalue weighted by Gasteiger charge is 2.14. The van der Waals surface area contributed by atoms with Crippen molar-refractivity contribution in [3.05, 3.63) is 62.8 Å². The van der Waals surface area contributed by atoms with Gasteiger partial charge in [0.25, 0.3) is 5.91 Å². The molecule has 0 aliphatic heterocycles. The summed E-state index contributed by atoms with van der Waals surface area (Å²) in [5.74, 6) is -2.01. The van der Waals surface area contributed by atoms with Gasteiger partial charge in [-0.25, -0.2) is 4.39 Å². The van der Waals surface area contributed by atoms with Crippen LogP contribution in [0.4, 0.5) is 10.1 Å². The van der Waals surface area contributed by atoms with Crippen LogP contribution in [0.25, 0.3) is 0 Å². The van der Waals surface area contributed by atoms with Crippen LogP contribution in [0.2, 0.25) is 5.02 Å². The van der Waals surface area contributed by atoms with Crippen LogP contribution in [0.5, 0.6) is 0 Å². The fourth-order valence-electron chi connectivity index (χ4n) is 1.64. The van der Waals surface area contributed by atoms with Gasteiger partial charge in [0, 0.05) is 10.0 Å². The third-order valence-corrected chi connectivity index (χ3v) is 3.50. The molecule has 0 heterocycles. The molecule has 0 spiro atoms. The summed E-state index contributed by atoms with van der Waals surface area (Å²) in [7, 11) is 0. The molecule has 0 saturated heterocycles. The molecule has 0 saturated carbocycles. The zero-order valence-electron chi connectivity index (χ0n) is 10.5. The fraction of sp³-hybridized carbons (Fsp3) is 0. The SMILES string of the molecule is NC(=O)c1ccc(Cl)c(NC(=O)c2ccc(Br)cc2F)c1. The lowest BCUT2D eigenvalue weighted by molar-refractivity contribution is 0.0995. The van der Waals surface area contributed by atoms with Gasteiger partial charge in [0.2, 0.25) is 5.91 Å². The number of halogens is 3. The molecule has 108 valence electrons. The Morgan fingerprint density at radius 2 is 1.90 bits per heavy atom. The van der Waals surface area contributed by atoms with E-state index in [0.29, 0.717) is 4.47 Å². The summed E-state index contributed by atoms with van der Waals surface area (Å²) in [5.41, 5.74) is 5.38. The van der Waals surface area contributed by atoms with E-state index in [1.807, 2.05) is 0 Å². The normalized spacial score (nSPS) is 10.2. The van der Waals surface area contributed by atoms with Gasteiger partial charge in [0.15, 0.2) is 0 Å². The van der Waals surface area contributed by atoms with E-state index in [9.17, 15) is 14.0 Å². The first-order valence-corrected chi connectivity index (χ1v) is 6.91. The molecule has 0 aromatic heterocycles. The summed E-state index contributed by atoms with van der Waals surface area (Å²) >= 11 is 9.03. The molecule has 0 aliphatic rings. The highest BCUT2D eigenvalue weighted by Crippen LogP contribution is 2.24. The van der Waals surface area contributed by atoms with E-state index in [0.717, 1.165) is 0 Å². The number of hydrogen-bond acceptors (Lipinski definition) is 2. The molecular formula is C14H9BrClFN2O2. The van der Waals surface area contributed by atoms with Crippen molar-refractivity contribution in [3.63, 3.8) is 0 Å². The van der Waals surface area contributed by atoms with E-state index in [-0.39, 0.29) is 21.8 Å². The second-order valence-electron chi connectivity index (χ2n) is 4.14. The number of amides is 2. The van der Waals surface area contributed by atoms with Crippen LogP contribution in [-0.4, -0.2) is 11.8 Å². The van der Waals surface area contributed by atoms with Gasteiger partial charge in [0.1, 0.15) is 5.82 Å². The Labute approximate surface area is 133 Å². The highest BCUT2D eigenvalue weighted by atomic mass is 79.9. The molecule has 2 rings (SSSR count). The van der Waals surface area contributed by atoms with Crippen molar-refractivity contribution in [1.82, 2.24) is 0 Å². The first kappa shape index (κ1) is 15.5. The Morgan fingerprint density at radius 3 is 2.52 bits per heavy atom. The zero-order valence-corrected chi connectivity index (χ0v) is 12.8. The second-order valence-corrected chi connectivity index (χ2v) is 5.46.